The third-order valence-corrected chi connectivity index (χ3v) is 4.88. The number of nitrogens with one attached hydrogen (secondary N) is 3. The summed E-state index contributed by atoms with van der Waals surface area (Å²) in [4.78, 5) is 23.2. The number of halogens is 3. The fourth-order valence-corrected chi connectivity index (χ4v) is 2.93. The van der Waals surface area contributed by atoms with Crippen molar-refractivity contribution in [2.45, 2.75) is 44.7 Å². The number of benzene rings is 1. The van der Waals surface area contributed by atoms with E-state index in [1.807, 2.05) is 0 Å². The van der Waals surface area contributed by atoms with E-state index in [9.17, 15) is 31.2 Å². The monoisotopic (exact) mass is 423 g/mol. The minimum absolute atomic E-state index is 0.121. The van der Waals surface area contributed by atoms with Gasteiger partial charge in [-0.25, -0.2) is 13.1 Å². The lowest BCUT2D eigenvalue weighted by Gasteiger charge is -2.17. The molecule has 0 aromatic heterocycles. The molecule has 0 unspecified atom stereocenters. The third kappa shape index (κ3) is 8.70. The zero-order valence-electron chi connectivity index (χ0n) is 15.8. The summed E-state index contributed by atoms with van der Waals surface area (Å²) in [5.41, 5.74) is -0.210. The second kappa shape index (κ2) is 9.37. The van der Waals surface area contributed by atoms with Crippen LogP contribution in [0.1, 0.15) is 33.6 Å². The predicted molar refractivity (Wildman–Crippen MR) is 98.0 cm³/mol. The van der Waals surface area contributed by atoms with Crippen molar-refractivity contribution in [3.8, 4) is 0 Å². The molecule has 11 heteroatoms. The fraction of sp³-hybridized carbons (Fsp3) is 0.529. The summed E-state index contributed by atoms with van der Waals surface area (Å²) in [5, 5.41) is 5.26. The molecule has 0 radical (unpaired) electrons. The number of amides is 2. The van der Waals surface area contributed by atoms with Gasteiger partial charge in [-0.1, -0.05) is 20.8 Å². The van der Waals surface area contributed by atoms with Crippen LogP contribution in [0.15, 0.2) is 29.2 Å². The number of carbonyl (C=O) groups is 2. The number of hydrogen-bond donors (Lipinski definition) is 3. The summed E-state index contributed by atoms with van der Waals surface area (Å²) < 4.78 is 61.4. The van der Waals surface area contributed by atoms with Gasteiger partial charge in [0.25, 0.3) is 0 Å². The van der Waals surface area contributed by atoms with Gasteiger partial charge in [-0.15, -0.1) is 0 Å². The zero-order chi connectivity index (χ0) is 21.6. The van der Waals surface area contributed by atoms with Gasteiger partial charge in [0, 0.05) is 24.1 Å². The Morgan fingerprint density at radius 3 is 2.11 bits per heavy atom. The van der Waals surface area contributed by atoms with E-state index in [-0.39, 0.29) is 23.1 Å². The normalized spacial score (nSPS) is 12.5. The van der Waals surface area contributed by atoms with Crippen LogP contribution in [0.5, 0.6) is 0 Å². The van der Waals surface area contributed by atoms with Crippen molar-refractivity contribution in [1.29, 1.82) is 0 Å². The molecule has 1 aromatic carbocycles. The van der Waals surface area contributed by atoms with E-state index in [2.05, 4.69) is 10.6 Å². The first-order valence-corrected chi connectivity index (χ1v) is 9.94. The van der Waals surface area contributed by atoms with Crippen molar-refractivity contribution < 1.29 is 31.2 Å². The van der Waals surface area contributed by atoms with Crippen LogP contribution in [0.4, 0.5) is 18.9 Å². The summed E-state index contributed by atoms with van der Waals surface area (Å²) in [6, 6.07) is 4.75. The van der Waals surface area contributed by atoms with Crippen LogP contribution in [0.2, 0.25) is 0 Å². The summed E-state index contributed by atoms with van der Waals surface area (Å²) in [5.74, 6) is -0.459. The van der Waals surface area contributed by atoms with E-state index >= 15 is 0 Å². The molecule has 0 atom stereocenters. The Balaban J connectivity index is 2.49. The van der Waals surface area contributed by atoms with Crippen LogP contribution in [0.25, 0.3) is 0 Å². The SMILES string of the molecule is CC(C)(C)C(=O)NCCCC(=O)Nc1ccc(S(=O)(=O)NCC(F)(F)F)cc1. The minimum Gasteiger partial charge on any atom is -0.356 e. The summed E-state index contributed by atoms with van der Waals surface area (Å²) in [6.07, 6.45) is -4.10. The van der Waals surface area contributed by atoms with Crippen LogP contribution < -0.4 is 15.4 Å². The Morgan fingerprint density at radius 1 is 1.04 bits per heavy atom. The Labute approximate surface area is 162 Å². The molecule has 0 aliphatic carbocycles. The zero-order valence-corrected chi connectivity index (χ0v) is 16.6. The number of carbonyl (C=O) groups excluding carboxylic acids is 2. The van der Waals surface area contributed by atoms with Crippen LogP contribution >= 0.6 is 0 Å². The number of rotatable bonds is 8. The maximum absolute atomic E-state index is 12.1. The minimum atomic E-state index is -4.66. The van der Waals surface area contributed by atoms with E-state index in [0.29, 0.717) is 18.7 Å². The van der Waals surface area contributed by atoms with Crippen LogP contribution in [-0.2, 0) is 19.6 Å². The molecule has 1 aromatic rings. The fourth-order valence-electron chi connectivity index (χ4n) is 1.92. The van der Waals surface area contributed by atoms with E-state index in [4.69, 9.17) is 0 Å². The Bertz CT molecular complexity index is 785. The van der Waals surface area contributed by atoms with Crippen molar-refractivity contribution in [1.82, 2.24) is 10.0 Å². The first kappa shape index (κ1) is 23.9. The van der Waals surface area contributed by atoms with Gasteiger partial charge in [-0.2, -0.15) is 13.2 Å². The topological polar surface area (TPSA) is 104 Å². The van der Waals surface area contributed by atoms with Gasteiger partial charge in [-0.05, 0) is 30.7 Å². The lowest BCUT2D eigenvalue weighted by Crippen LogP contribution is -2.35. The number of hydrogen-bond acceptors (Lipinski definition) is 4. The molecule has 0 fully saturated rings. The van der Waals surface area contributed by atoms with Crippen LogP contribution in [0.3, 0.4) is 0 Å². The standard InChI is InChI=1S/C17H24F3N3O4S/c1-16(2,3)15(25)21-10-4-5-14(24)23-12-6-8-13(9-7-12)28(26,27)22-11-17(18,19)20/h6-9,22H,4-5,10-11H2,1-3H3,(H,21,25)(H,23,24). The smallest absolute Gasteiger partial charge is 0.356 e. The highest BCUT2D eigenvalue weighted by Gasteiger charge is 2.30. The predicted octanol–water partition coefficient (Wildman–Crippen LogP) is 2.41. The Morgan fingerprint density at radius 2 is 1.61 bits per heavy atom. The highest BCUT2D eigenvalue weighted by molar-refractivity contribution is 7.89. The molecule has 0 bridgehead atoms. The van der Waals surface area contributed by atoms with Crippen molar-refractivity contribution >= 4 is 27.5 Å². The van der Waals surface area contributed by atoms with Crippen molar-refractivity contribution in [2.75, 3.05) is 18.4 Å². The van der Waals surface area contributed by atoms with Crippen LogP contribution in [-0.4, -0.2) is 39.5 Å². The average Bonchev–Trinajstić information content (AvgIpc) is 2.56. The summed E-state index contributed by atoms with van der Waals surface area (Å²) in [7, 11) is -4.30. The molecule has 3 N–H and O–H groups in total. The van der Waals surface area contributed by atoms with E-state index in [1.165, 1.54) is 16.9 Å². The van der Waals surface area contributed by atoms with Crippen molar-refractivity contribution in [2.24, 2.45) is 5.41 Å². The molecular weight excluding hydrogens is 399 g/mol. The largest absolute Gasteiger partial charge is 0.402 e. The molecule has 2 amide bonds. The van der Waals surface area contributed by atoms with Crippen LogP contribution in [0, 0.1) is 5.41 Å². The highest BCUT2D eigenvalue weighted by Crippen LogP contribution is 2.17. The quantitative estimate of drug-likeness (QED) is 0.559. The summed E-state index contributed by atoms with van der Waals surface area (Å²) >= 11 is 0. The van der Waals surface area contributed by atoms with Gasteiger partial charge >= 0.3 is 6.18 Å². The Kier molecular flexibility index (Phi) is 8.00. The molecule has 0 saturated carbocycles. The molecule has 7 nitrogen and oxygen atoms in total. The molecule has 0 saturated heterocycles. The number of sulfonamides is 1. The van der Waals surface area contributed by atoms with E-state index < -0.39 is 28.2 Å². The molecule has 0 aliphatic heterocycles. The Hall–Kier alpha value is -2.14. The first-order valence-electron chi connectivity index (χ1n) is 8.45. The highest BCUT2D eigenvalue weighted by atomic mass is 32.2. The van der Waals surface area contributed by atoms with Gasteiger partial charge in [-0.3, -0.25) is 9.59 Å². The van der Waals surface area contributed by atoms with E-state index in [1.54, 1.807) is 20.8 Å². The lowest BCUT2D eigenvalue weighted by molar-refractivity contribution is -0.128. The first-order chi connectivity index (χ1) is 12.7. The molecule has 158 valence electrons. The average molecular weight is 423 g/mol. The second-order valence-electron chi connectivity index (χ2n) is 7.12. The molecular formula is C17H24F3N3O4S. The van der Waals surface area contributed by atoms with Crippen molar-refractivity contribution in [3.05, 3.63) is 24.3 Å². The number of anilines is 1. The second-order valence-corrected chi connectivity index (χ2v) is 8.89. The van der Waals surface area contributed by atoms with Gasteiger partial charge < -0.3 is 10.6 Å². The van der Waals surface area contributed by atoms with Gasteiger partial charge in [0.05, 0.1) is 4.90 Å². The van der Waals surface area contributed by atoms with Gasteiger partial charge in [0.2, 0.25) is 21.8 Å². The lowest BCUT2D eigenvalue weighted by atomic mass is 9.96. The van der Waals surface area contributed by atoms with Gasteiger partial charge in [0.15, 0.2) is 0 Å². The van der Waals surface area contributed by atoms with Crippen molar-refractivity contribution in [3.63, 3.8) is 0 Å². The molecule has 0 heterocycles. The maximum Gasteiger partial charge on any atom is 0.402 e. The summed E-state index contributed by atoms with van der Waals surface area (Å²) in [6.45, 7) is 4.00. The number of alkyl halides is 3. The molecule has 28 heavy (non-hydrogen) atoms. The molecule has 1 rings (SSSR count). The van der Waals surface area contributed by atoms with E-state index in [0.717, 1.165) is 12.1 Å². The third-order valence-electron chi connectivity index (χ3n) is 3.46. The molecule has 0 spiro atoms. The molecule has 0 aliphatic rings. The van der Waals surface area contributed by atoms with Gasteiger partial charge in [0.1, 0.15) is 6.54 Å². The maximum atomic E-state index is 12.1.